The number of nitrogens with one attached hydrogen (secondary N) is 1. The Balaban J connectivity index is 0. The van der Waals surface area contributed by atoms with Crippen molar-refractivity contribution in [1.29, 1.82) is 0 Å². The fraction of sp³-hybridized carbons (Fsp3) is 0.950. The molecule has 0 fully saturated rings. The van der Waals surface area contributed by atoms with Gasteiger partial charge in [-0.3, -0.25) is 4.79 Å². The minimum absolute atomic E-state index is 0. The Morgan fingerprint density at radius 2 is 1.11 bits per heavy atom. The molecular weight excluding hydrogens is 373 g/mol. The van der Waals surface area contributed by atoms with Gasteiger partial charge in [0, 0.05) is 13.0 Å². The van der Waals surface area contributed by atoms with Gasteiger partial charge in [-0.05, 0) is 6.42 Å². The Morgan fingerprint density at radius 1 is 0.741 bits per heavy atom. The van der Waals surface area contributed by atoms with Crippen molar-refractivity contribution in [3.05, 3.63) is 0 Å². The van der Waals surface area contributed by atoms with E-state index in [9.17, 15) is 17.8 Å². The summed E-state index contributed by atoms with van der Waals surface area (Å²) in [5.41, 5.74) is 0. The van der Waals surface area contributed by atoms with Crippen molar-refractivity contribution in [3.63, 3.8) is 0 Å². The van der Waals surface area contributed by atoms with Gasteiger partial charge in [0.2, 0.25) is 5.91 Å². The average molecular weight is 414 g/mol. The molecule has 0 aliphatic carbocycles. The van der Waals surface area contributed by atoms with Crippen LogP contribution in [-0.4, -0.2) is 31.2 Å². The molecule has 0 spiro atoms. The monoisotopic (exact) mass is 413 g/mol. The molecular formula is C20H40NNaO4S. The Hall–Kier alpha value is 0.380. The van der Waals surface area contributed by atoms with E-state index in [0.717, 1.165) is 19.3 Å². The molecule has 1 N–H and O–H groups in total. The number of amides is 1. The molecule has 1 amide bonds. The van der Waals surface area contributed by atoms with Gasteiger partial charge in [-0.1, -0.05) is 96.8 Å². The maximum Gasteiger partial charge on any atom is 1.00 e. The Bertz CT molecular complexity index is 430. The van der Waals surface area contributed by atoms with E-state index in [4.69, 9.17) is 0 Å². The van der Waals surface area contributed by atoms with Gasteiger partial charge >= 0.3 is 29.6 Å². The van der Waals surface area contributed by atoms with Gasteiger partial charge in [0.15, 0.2) is 0 Å². The summed E-state index contributed by atoms with van der Waals surface area (Å²) in [4.78, 5) is 11.5. The molecule has 156 valence electrons. The van der Waals surface area contributed by atoms with Gasteiger partial charge in [-0.2, -0.15) is 0 Å². The maximum absolute atomic E-state index is 11.5. The average Bonchev–Trinajstić information content (AvgIpc) is 2.57. The van der Waals surface area contributed by atoms with Gasteiger partial charge < -0.3 is 9.87 Å². The molecule has 0 aromatic carbocycles. The summed E-state index contributed by atoms with van der Waals surface area (Å²) in [5.74, 6) is -0.694. The Morgan fingerprint density at radius 3 is 1.48 bits per heavy atom. The molecule has 0 aliphatic heterocycles. The van der Waals surface area contributed by atoms with Crippen LogP contribution in [0.1, 0.15) is 110 Å². The minimum atomic E-state index is -4.24. The molecule has 0 saturated heterocycles. The smallest absolute Gasteiger partial charge is 0.748 e. The van der Waals surface area contributed by atoms with Crippen molar-refractivity contribution in [2.45, 2.75) is 110 Å². The largest absolute Gasteiger partial charge is 1.00 e. The minimum Gasteiger partial charge on any atom is -0.748 e. The molecule has 0 rings (SSSR count). The second-order valence-electron chi connectivity index (χ2n) is 7.31. The zero-order valence-corrected chi connectivity index (χ0v) is 20.6. The first kappa shape index (κ1) is 29.6. The number of hydrogen-bond acceptors (Lipinski definition) is 4. The summed E-state index contributed by atoms with van der Waals surface area (Å²) < 4.78 is 31.2. The van der Waals surface area contributed by atoms with Crippen molar-refractivity contribution < 1.29 is 47.3 Å². The van der Waals surface area contributed by atoms with Crippen LogP contribution >= 0.6 is 0 Å². The van der Waals surface area contributed by atoms with Gasteiger partial charge in [-0.25, -0.2) is 8.42 Å². The van der Waals surface area contributed by atoms with E-state index < -0.39 is 15.9 Å². The molecule has 27 heavy (non-hydrogen) atoms. The zero-order chi connectivity index (χ0) is 19.5. The first-order chi connectivity index (χ1) is 12.5. The molecule has 0 aliphatic rings. The first-order valence-electron chi connectivity index (χ1n) is 10.7. The molecule has 0 atom stereocenters. The summed E-state index contributed by atoms with van der Waals surface area (Å²) in [6.07, 6.45) is 19.7. The molecule has 0 radical (unpaired) electrons. The van der Waals surface area contributed by atoms with Crippen LogP contribution in [0.4, 0.5) is 0 Å². The molecule has 0 unspecified atom stereocenters. The quantitative estimate of drug-likeness (QED) is 0.199. The SMILES string of the molecule is CCCCCCCCCCCCCCCCCC(=O)NCCS(=O)(=O)[O-].[Na+]. The third-order valence-electron chi connectivity index (χ3n) is 4.68. The number of carbonyl (C=O) groups excluding carboxylic acids is 1. The van der Waals surface area contributed by atoms with E-state index >= 15 is 0 Å². The van der Waals surface area contributed by atoms with Crippen molar-refractivity contribution in [3.8, 4) is 0 Å². The van der Waals surface area contributed by atoms with Crippen LogP contribution in [0.2, 0.25) is 0 Å². The van der Waals surface area contributed by atoms with E-state index in [0.29, 0.717) is 6.42 Å². The second kappa shape index (κ2) is 21.1. The molecule has 0 bridgehead atoms. The van der Waals surface area contributed by atoms with Gasteiger partial charge in [0.1, 0.15) is 0 Å². The summed E-state index contributed by atoms with van der Waals surface area (Å²) in [5, 5.41) is 2.47. The van der Waals surface area contributed by atoms with Crippen LogP contribution in [0.15, 0.2) is 0 Å². The molecule has 0 aromatic rings. The van der Waals surface area contributed by atoms with E-state index in [1.54, 1.807) is 0 Å². The molecule has 0 saturated carbocycles. The summed E-state index contributed by atoms with van der Waals surface area (Å²) in [7, 11) is -4.24. The van der Waals surface area contributed by atoms with Crippen LogP contribution in [0.5, 0.6) is 0 Å². The number of rotatable bonds is 19. The van der Waals surface area contributed by atoms with Crippen molar-refractivity contribution >= 4 is 16.0 Å². The van der Waals surface area contributed by atoms with Crippen LogP contribution < -0.4 is 34.9 Å². The molecule has 0 aromatic heterocycles. The van der Waals surface area contributed by atoms with Gasteiger partial charge in [-0.15, -0.1) is 0 Å². The normalized spacial score (nSPS) is 11.2. The fourth-order valence-corrected chi connectivity index (χ4v) is 3.41. The second-order valence-corrected chi connectivity index (χ2v) is 8.84. The van der Waals surface area contributed by atoms with Gasteiger partial charge in [0.05, 0.1) is 15.9 Å². The third-order valence-corrected chi connectivity index (χ3v) is 5.39. The van der Waals surface area contributed by atoms with Crippen LogP contribution in [-0.2, 0) is 14.9 Å². The Labute approximate surface area is 189 Å². The van der Waals surface area contributed by atoms with E-state index in [1.165, 1.54) is 77.0 Å². The van der Waals surface area contributed by atoms with Gasteiger partial charge in [0.25, 0.3) is 0 Å². The molecule has 7 heteroatoms. The Kier molecular flexibility index (Phi) is 23.1. The third kappa shape index (κ3) is 26.4. The summed E-state index contributed by atoms with van der Waals surface area (Å²) in [6, 6.07) is 0. The van der Waals surface area contributed by atoms with Crippen LogP contribution in [0, 0.1) is 0 Å². The fourth-order valence-electron chi connectivity index (χ4n) is 3.06. The summed E-state index contributed by atoms with van der Waals surface area (Å²) in [6.45, 7) is 2.18. The van der Waals surface area contributed by atoms with Crippen LogP contribution in [0.25, 0.3) is 0 Å². The topological polar surface area (TPSA) is 86.3 Å². The predicted octanol–water partition coefficient (Wildman–Crippen LogP) is 1.91. The van der Waals surface area contributed by atoms with Crippen molar-refractivity contribution in [2.75, 3.05) is 12.3 Å². The van der Waals surface area contributed by atoms with E-state index in [1.807, 2.05) is 0 Å². The molecule has 5 nitrogen and oxygen atoms in total. The first-order valence-corrected chi connectivity index (χ1v) is 12.2. The predicted molar refractivity (Wildman–Crippen MR) is 107 cm³/mol. The standard InChI is InChI=1S/C20H41NO4S.Na/c1-2-3-4-5-6-7-8-9-10-11-12-13-14-15-16-17-20(22)21-18-19-26(23,24)25;/h2-19H2,1H3,(H,21,22)(H,23,24,25);/q;+1/p-1. The number of carbonyl (C=O) groups is 1. The molecule has 0 heterocycles. The van der Waals surface area contributed by atoms with Crippen LogP contribution in [0.3, 0.4) is 0 Å². The van der Waals surface area contributed by atoms with E-state index in [-0.39, 0.29) is 42.0 Å². The number of unbranched alkanes of at least 4 members (excludes halogenated alkanes) is 14. The summed E-state index contributed by atoms with van der Waals surface area (Å²) >= 11 is 0. The maximum atomic E-state index is 11.5. The number of hydrogen-bond donors (Lipinski definition) is 1. The zero-order valence-electron chi connectivity index (χ0n) is 17.8. The van der Waals surface area contributed by atoms with E-state index in [2.05, 4.69) is 12.2 Å². The van der Waals surface area contributed by atoms with Crippen molar-refractivity contribution in [1.82, 2.24) is 5.32 Å². The van der Waals surface area contributed by atoms with Crippen molar-refractivity contribution in [2.24, 2.45) is 0 Å².